The van der Waals surface area contributed by atoms with Crippen LogP contribution in [0.15, 0.2) is 12.3 Å². The van der Waals surface area contributed by atoms with Crippen molar-refractivity contribution in [2.45, 2.75) is 57.9 Å². The lowest BCUT2D eigenvalue weighted by atomic mass is 9.90. The van der Waals surface area contributed by atoms with Crippen molar-refractivity contribution in [2.24, 2.45) is 0 Å². The fourth-order valence-electron chi connectivity index (χ4n) is 1.93. The average molecular weight is 267 g/mol. The molecule has 1 aliphatic carbocycles. The number of aliphatic hydroxyl groups is 1. The van der Waals surface area contributed by atoms with Crippen molar-refractivity contribution >= 4 is 6.09 Å². The lowest BCUT2D eigenvalue weighted by Crippen LogP contribution is -2.32. The zero-order valence-electron chi connectivity index (χ0n) is 11.6. The second kappa shape index (κ2) is 5.21. The second-order valence-corrected chi connectivity index (χ2v) is 5.92. The van der Waals surface area contributed by atoms with Gasteiger partial charge in [0.25, 0.3) is 0 Å². The molecule has 1 aromatic heterocycles. The molecule has 0 atom stereocenters. The summed E-state index contributed by atoms with van der Waals surface area (Å²) in [5.41, 5.74) is 0.290. The molecule has 1 fully saturated rings. The zero-order valence-corrected chi connectivity index (χ0v) is 11.6. The van der Waals surface area contributed by atoms with Crippen LogP contribution < -0.4 is 5.32 Å². The van der Waals surface area contributed by atoms with Crippen LogP contribution in [0.4, 0.5) is 4.79 Å². The predicted molar refractivity (Wildman–Crippen MR) is 69.6 cm³/mol. The summed E-state index contributed by atoms with van der Waals surface area (Å²) < 4.78 is 6.99. The number of nitrogens with one attached hydrogen (secondary N) is 1. The topological polar surface area (TPSA) is 76.4 Å². The van der Waals surface area contributed by atoms with Crippen LogP contribution in [0.1, 0.15) is 45.3 Å². The first-order chi connectivity index (χ1) is 8.83. The van der Waals surface area contributed by atoms with E-state index in [9.17, 15) is 9.90 Å². The normalized spacial score (nSPS) is 22.7. The Bertz CT molecular complexity index is 444. The highest BCUT2D eigenvalue weighted by Gasteiger charge is 2.29. The van der Waals surface area contributed by atoms with E-state index >= 15 is 0 Å². The van der Waals surface area contributed by atoms with E-state index in [4.69, 9.17) is 4.74 Å². The van der Waals surface area contributed by atoms with Crippen LogP contribution in [0.25, 0.3) is 0 Å². The van der Waals surface area contributed by atoms with E-state index < -0.39 is 11.7 Å². The maximum absolute atomic E-state index is 11.5. The minimum absolute atomic E-state index is 0.197. The SMILES string of the molecule is CC(C)(C)OC(=O)NCc1ccn(C2CC(O)C2)n1. The lowest BCUT2D eigenvalue weighted by molar-refractivity contribution is 0.0432. The molecule has 1 heterocycles. The molecule has 6 nitrogen and oxygen atoms in total. The van der Waals surface area contributed by atoms with Crippen molar-refractivity contribution < 1.29 is 14.6 Å². The van der Waals surface area contributed by atoms with Gasteiger partial charge in [0.2, 0.25) is 0 Å². The quantitative estimate of drug-likeness (QED) is 0.872. The molecule has 1 saturated carbocycles. The maximum Gasteiger partial charge on any atom is 0.407 e. The van der Waals surface area contributed by atoms with Gasteiger partial charge in [-0.1, -0.05) is 0 Å². The number of aliphatic hydroxyl groups excluding tert-OH is 1. The second-order valence-electron chi connectivity index (χ2n) is 5.92. The van der Waals surface area contributed by atoms with Gasteiger partial charge in [0.05, 0.1) is 24.4 Å². The molecule has 19 heavy (non-hydrogen) atoms. The van der Waals surface area contributed by atoms with Crippen LogP contribution >= 0.6 is 0 Å². The smallest absolute Gasteiger partial charge is 0.407 e. The number of ether oxygens (including phenoxy) is 1. The first-order valence-electron chi connectivity index (χ1n) is 6.52. The summed E-state index contributed by atoms with van der Waals surface area (Å²) in [6.45, 7) is 5.81. The third kappa shape index (κ3) is 3.96. The van der Waals surface area contributed by atoms with E-state index in [1.54, 1.807) is 0 Å². The number of aromatic nitrogens is 2. The first kappa shape index (κ1) is 13.9. The van der Waals surface area contributed by atoms with Crippen molar-refractivity contribution in [3.63, 3.8) is 0 Å². The molecular formula is C13H21N3O3. The van der Waals surface area contributed by atoms with E-state index in [-0.39, 0.29) is 12.1 Å². The summed E-state index contributed by atoms with van der Waals surface area (Å²) in [5, 5.41) is 16.3. The summed E-state index contributed by atoms with van der Waals surface area (Å²) in [6.07, 6.45) is 2.74. The van der Waals surface area contributed by atoms with Gasteiger partial charge in [0.1, 0.15) is 5.60 Å². The Morgan fingerprint density at radius 1 is 1.58 bits per heavy atom. The fourth-order valence-corrected chi connectivity index (χ4v) is 1.93. The highest BCUT2D eigenvalue weighted by atomic mass is 16.6. The van der Waals surface area contributed by atoms with Crippen LogP contribution in [-0.2, 0) is 11.3 Å². The maximum atomic E-state index is 11.5. The number of carbonyl (C=O) groups excluding carboxylic acids is 1. The van der Waals surface area contributed by atoms with Crippen LogP contribution in [-0.4, -0.2) is 32.7 Å². The van der Waals surface area contributed by atoms with E-state index in [2.05, 4.69) is 10.4 Å². The van der Waals surface area contributed by atoms with E-state index in [0.717, 1.165) is 18.5 Å². The number of amides is 1. The first-order valence-corrected chi connectivity index (χ1v) is 6.52. The highest BCUT2D eigenvalue weighted by molar-refractivity contribution is 5.67. The van der Waals surface area contributed by atoms with Gasteiger partial charge in [-0.2, -0.15) is 5.10 Å². The number of alkyl carbamates (subject to hydrolysis) is 1. The van der Waals surface area contributed by atoms with Gasteiger partial charge >= 0.3 is 6.09 Å². The summed E-state index contributed by atoms with van der Waals surface area (Å²) in [7, 11) is 0. The van der Waals surface area contributed by atoms with Crippen LogP contribution in [0.2, 0.25) is 0 Å². The number of hydrogen-bond acceptors (Lipinski definition) is 4. The molecule has 0 aliphatic heterocycles. The summed E-state index contributed by atoms with van der Waals surface area (Å²) in [4.78, 5) is 11.5. The Morgan fingerprint density at radius 2 is 2.26 bits per heavy atom. The third-order valence-corrected chi connectivity index (χ3v) is 2.94. The van der Waals surface area contributed by atoms with Crippen LogP contribution in [0.3, 0.4) is 0 Å². The third-order valence-electron chi connectivity index (χ3n) is 2.94. The highest BCUT2D eigenvalue weighted by Crippen LogP contribution is 2.31. The van der Waals surface area contributed by atoms with E-state index in [1.165, 1.54) is 0 Å². The van der Waals surface area contributed by atoms with Gasteiger partial charge in [-0.05, 0) is 39.7 Å². The molecule has 2 N–H and O–H groups in total. The van der Waals surface area contributed by atoms with Crippen LogP contribution in [0.5, 0.6) is 0 Å². The predicted octanol–water partition coefficient (Wildman–Crippen LogP) is 1.60. The Hall–Kier alpha value is -1.56. The molecule has 2 rings (SSSR count). The van der Waals surface area contributed by atoms with Crippen molar-refractivity contribution in [2.75, 3.05) is 0 Å². The molecule has 0 bridgehead atoms. The van der Waals surface area contributed by atoms with Gasteiger partial charge in [-0.25, -0.2) is 4.79 Å². The van der Waals surface area contributed by atoms with Gasteiger partial charge < -0.3 is 15.2 Å². The standard InChI is InChI=1S/C13H21N3O3/c1-13(2,3)19-12(18)14-8-9-4-5-16(15-9)10-6-11(17)7-10/h4-5,10-11,17H,6-8H2,1-3H3,(H,14,18). The molecule has 6 heteroatoms. The molecule has 1 amide bonds. The van der Waals surface area contributed by atoms with Crippen LogP contribution in [0, 0.1) is 0 Å². The summed E-state index contributed by atoms with van der Waals surface area (Å²) in [6, 6.07) is 2.15. The van der Waals surface area contributed by atoms with Crippen molar-refractivity contribution in [3.8, 4) is 0 Å². The van der Waals surface area contributed by atoms with Crippen molar-refractivity contribution in [1.82, 2.24) is 15.1 Å². The molecule has 1 aromatic rings. The van der Waals surface area contributed by atoms with Crippen molar-refractivity contribution in [1.29, 1.82) is 0 Å². The molecular weight excluding hydrogens is 246 g/mol. The van der Waals surface area contributed by atoms with Gasteiger partial charge in [-0.3, -0.25) is 4.68 Å². The van der Waals surface area contributed by atoms with Gasteiger partial charge in [0.15, 0.2) is 0 Å². The van der Waals surface area contributed by atoms with Gasteiger partial charge in [-0.15, -0.1) is 0 Å². The van der Waals surface area contributed by atoms with E-state index in [1.807, 2.05) is 37.7 Å². The minimum Gasteiger partial charge on any atom is -0.444 e. The molecule has 106 valence electrons. The fraction of sp³-hybridized carbons (Fsp3) is 0.692. The number of carbonyl (C=O) groups is 1. The molecule has 0 aromatic carbocycles. The Morgan fingerprint density at radius 3 is 2.84 bits per heavy atom. The minimum atomic E-state index is -0.495. The number of hydrogen-bond donors (Lipinski definition) is 2. The Labute approximate surface area is 112 Å². The average Bonchev–Trinajstić information content (AvgIpc) is 2.68. The Kier molecular flexibility index (Phi) is 3.80. The van der Waals surface area contributed by atoms with Gasteiger partial charge in [0, 0.05) is 6.20 Å². The largest absolute Gasteiger partial charge is 0.444 e. The van der Waals surface area contributed by atoms with E-state index in [0.29, 0.717) is 6.54 Å². The number of nitrogens with zero attached hydrogens (tertiary/aromatic N) is 2. The molecule has 0 radical (unpaired) electrons. The zero-order chi connectivity index (χ0) is 14.0. The number of rotatable bonds is 3. The van der Waals surface area contributed by atoms with Crippen molar-refractivity contribution in [3.05, 3.63) is 18.0 Å². The lowest BCUT2D eigenvalue weighted by Gasteiger charge is -2.31. The molecule has 1 aliphatic rings. The summed E-state index contributed by atoms with van der Waals surface area (Å²) in [5.74, 6) is 0. The molecule has 0 saturated heterocycles. The molecule has 0 unspecified atom stereocenters. The monoisotopic (exact) mass is 267 g/mol. The molecule has 0 spiro atoms. The Balaban J connectivity index is 1.79. The summed E-state index contributed by atoms with van der Waals surface area (Å²) >= 11 is 0.